The molecule has 1 heterocycles. The fraction of sp³-hybridized carbons (Fsp3) is 0.273. The van der Waals surface area contributed by atoms with Gasteiger partial charge in [-0.25, -0.2) is 13.1 Å². The summed E-state index contributed by atoms with van der Waals surface area (Å²) in [5, 5.41) is 1.10. The SMILES string of the molecule is CCCn1cc(Cc2ccc(C(=O)NS(=O)(=O)c3ccccc3C)cc2OC)c2cc(C=CCC(=O)N(C)C)ccc21. The molecule has 4 rings (SSSR count). The Bertz CT molecular complexity index is 1750. The lowest BCUT2D eigenvalue weighted by Gasteiger charge is -2.12. The van der Waals surface area contributed by atoms with E-state index in [9.17, 15) is 18.0 Å². The number of sulfonamides is 1. The minimum absolute atomic E-state index is 0.0409. The van der Waals surface area contributed by atoms with Gasteiger partial charge < -0.3 is 14.2 Å². The number of amides is 2. The Morgan fingerprint density at radius 2 is 1.79 bits per heavy atom. The highest BCUT2D eigenvalue weighted by Gasteiger charge is 2.21. The van der Waals surface area contributed by atoms with Gasteiger partial charge in [-0.05, 0) is 65.9 Å². The third-order valence-corrected chi connectivity index (χ3v) is 8.59. The topological polar surface area (TPSA) is 97.7 Å². The predicted octanol–water partition coefficient (Wildman–Crippen LogP) is 5.57. The lowest BCUT2D eigenvalue weighted by atomic mass is 10.0. The summed E-state index contributed by atoms with van der Waals surface area (Å²) in [5.74, 6) is -0.198. The second-order valence-corrected chi connectivity index (χ2v) is 12.1. The molecule has 0 bridgehead atoms. The van der Waals surface area contributed by atoms with E-state index in [0.717, 1.165) is 40.6 Å². The predicted molar refractivity (Wildman–Crippen MR) is 166 cm³/mol. The van der Waals surface area contributed by atoms with E-state index in [4.69, 9.17) is 4.74 Å². The molecule has 2 amide bonds. The van der Waals surface area contributed by atoms with Crippen LogP contribution in [0.15, 0.2) is 77.8 Å². The molecule has 42 heavy (non-hydrogen) atoms. The summed E-state index contributed by atoms with van der Waals surface area (Å²) in [6.45, 7) is 4.69. The normalized spacial score (nSPS) is 11.6. The highest BCUT2D eigenvalue weighted by Crippen LogP contribution is 2.30. The third kappa shape index (κ3) is 6.91. The summed E-state index contributed by atoms with van der Waals surface area (Å²) in [5.41, 5.74) is 4.80. The fourth-order valence-corrected chi connectivity index (χ4v) is 6.09. The molecular weight excluding hydrogens is 550 g/mol. The third-order valence-electron chi connectivity index (χ3n) is 7.09. The number of benzene rings is 3. The summed E-state index contributed by atoms with van der Waals surface area (Å²) < 4.78 is 35.7. The Balaban J connectivity index is 1.62. The van der Waals surface area contributed by atoms with Gasteiger partial charge in [0.15, 0.2) is 0 Å². The molecule has 3 aromatic carbocycles. The van der Waals surface area contributed by atoms with Crippen molar-refractivity contribution in [1.82, 2.24) is 14.2 Å². The zero-order valence-corrected chi connectivity index (χ0v) is 25.5. The molecule has 8 nitrogen and oxygen atoms in total. The van der Waals surface area contributed by atoms with E-state index in [0.29, 0.717) is 24.2 Å². The van der Waals surface area contributed by atoms with Gasteiger partial charge in [-0.1, -0.05) is 49.4 Å². The van der Waals surface area contributed by atoms with Crippen LogP contribution in [0, 0.1) is 6.92 Å². The monoisotopic (exact) mass is 587 g/mol. The Morgan fingerprint density at radius 1 is 1.02 bits per heavy atom. The van der Waals surface area contributed by atoms with Crippen LogP contribution in [-0.2, 0) is 27.8 Å². The first kappa shape index (κ1) is 30.6. The molecule has 0 atom stereocenters. The number of hydrogen-bond acceptors (Lipinski definition) is 5. The Labute approximate surface area is 247 Å². The maximum absolute atomic E-state index is 13.0. The molecule has 0 aliphatic carbocycles. The Morgan fingerprint density at radius 3 is 2.48 bits per heavy atom. The van der Waals surface area contributed by atoms with Crippen molar-refractivity contribution in [2.75, 3.05) is 21.2 Å². The van der Waals surface area contributed by atoms with Crippen molar-refractivity contribution in [1.29, 1.82) is 0 Å². The van der Waals surface area contributed by atoms with Crippen molar-refractivity contribution in [3.8, 4) is 5.75 Å². The van der Waals surface area contributed by atoms with Gasteiger partial charge in [0.2, 0.25) is 5.91 Å². The summed E-state index contributed by atoms with van der Waals surface area (Å²) in [7, 11) is 0.981. The van der Waals surface area contributed by atoms with Crippen molar-refractivity contribution < 1.29 is 22.7 Å². The lowest BCUT2D eigenvalue weighted by Crippen LogP contribution is -2.31. The number of fused-ring (bicyclic) bond motifs is 1. The minimum atomic E-state index is -4.03. The first-order valence-corrected chi connectivity index (χ1v) is 15.3. The number of carbonyl (C=O) groups excluding carboxylic acids is 2. The maximum atomic E-state index is 13.0. The molecule has 0 unspecified atom stereocenters. The van der Waals surface area contributed by atoms with Gasteiger partial charge in [-0.3, -0.25) is 9.59 Å². The molecule has 0 fully saturated rings. The molecule has 220 valence electrons. The van der Waals surface area contributed by atoms with Gasteiger partial charge >= 0.3 is 0 Å². The van der Waals surface area contributed by atoms with E-state index in [1.165, 1.54) is 13.2 Å². The first-order valence-electron chi connectivity index (χ1n) is 13.8. The zero-order chi connectivity index (χ0) is 30.4. The molecule has 4 aromatic rings. The molecule has 0 saturated heterocycles. The van der Waals surface area contributed by atoms with E-state index in [-0.39, 0.29) is 16.4 Å². The zero-order valence-electron chi connectivity index (χ0n) is 24.7. The molecule has 0 aliphatic heterocycles. The standard InChI is InChI=1S/C33H37N3O5S/c1-6-18-36-22-27(28-19-24(14-17-29(28)36)11-9-13-32(37)35(3)4)20-25-15-16-26(21-30(25)41-5)33(38)34-42(39,40)31-12-8-7-10-23(31)2/h7-12,14-17,19,21-22H,6,13,18,20H2,1-5H3,(H,34,38). The Kier molecular flexibility index (Phi) is 9.52. The van der Waals surface area contributed by atoms with Crippen LogP contribution in [0.1, 0.15) is 52.4 Å². The molecule has 0 aliphatic rings. The largest absolute Gasteiger partial charge is 0.496 e. The molecular formula is C33H37N3O5S. The van der Waals surface area contributed by atoms with Gasteiger partial charge in [0.1, 0.15) is 5.75 Å². The highest BCUT2D eigenvalue weighted by atomic mass is 32.2. The van der Waals surface area contributed by atoms with Crippen LogP contribution in [0.25, 0.3) is 17.0 Å². The summed E-state index contributed by atoms with van der Waals surface area (Å²) >= 11 is 0. The van der Waals surface area contributed by atoms with Crippen LogP contribution >= 0.6 is 0 Å². The van der Waals surface area contributed by atoms with E-state index in [1.54, 1.807) is 62.3 Å². The van der Waals surface area contributed by atoms with E-state index in [2.05, 4.69) is 34.5 Å². The molecule has 0 saturated carbocycles. The van der Waals surface area contributed by atoms with Crippen molar-refractivity contribution in [3.05, 3.63) is 101 Å². The summed E-state index contributed by atoms with van der Waals surface area (Å²) in [6.07, 6.45) is 7.84. The van der Waals surface area contributed by atoms with Crippen LogP contribution < -0.4 is 9.46 Å². The highest BCUT2D eigenvalue weighted by molar-refractivity contribution is 7.90. The second-order valence-electron chi connectivity index (χ2n) is 10.4. The number of nitrogens with one attached hydrogen (secondary N) is 1. The first-order chi connectivity index (χ1) is 20.0. The van der Waals surface area contributed by atoms with Gasteiger partial charge in [-0.2, -0.15) is 0 Å². The number of methoxy groups -OCH3 is 1. The van der Waals surface area contributed by atoms with Crippen LogP contribution in [0.4, 0.5) is 0 Å². The summed E-state index contributed by atoms with van der Waals surface area (Å²) in [6, 6.07) is 17.8. The van der Waals surface area contributed by atoms with Crippen LogP contribution in [0.2, 0.25) is 0 Å². The van der Waals surface area contributed by atoms with Crippen molar-refractivity contribution in [2.24, 2.45) is 0 Å². The molecule has 1 N–H and O–H groups in total. The van der Waals surface area contributed by atoms with Gasteiger partial charge in [0, 0.05) is 56.1 Å². The number of aryl methyl sites for hydroxylation is 2. The minimum Gasteiger partial charge on any atom is -0.496 e. The Hall–Kier alpha value is -4.37. The van der Waals surface area contributed by atoms with Gasteiger partial charge in [0.05, 0.1) is 12.0 Å². The lowest BCUT2D eigenvalue weighted by molar-refractivity contribution is -0.127. The van der Waals surface area contributed by atoms with Gasteiger partial charge in [0.25, 0.3) is 15.9 Å². The molecule has 0 spiro atoms. The van der Waals surface area contributed by atoms with Crippen molar-refractivity contribution in [3.63, 3.8) is 0 Å². The number of hydrogen-bond donors (Lipinski definition) is 1. The molecule has 0 radical (unpaired) electrons. The van der Waals surface area contributed by atoms with E-state index in [1.807, 2.05) is 18.2 Å². The number of nitrogens with zero attached hydrogens (tertiary/aromatic N) is 2. The van der Waals surface area contributed by atoms with Crippen molar-refractivity contribution in [2.45, 2.75) is 44.6 Å². The maximum Gasteiger partial charge on any atom is 0.265 e. The number of carbonyl (C=O) groups is 2. The van der Waals surface area contributed by atoms with E-state index >= 15 is 0 Å². The second kappa shape index (κ2) is 13.1. The van der Waals surface area contributed by atoms with E-state index < -0.39 is 15.9 Å². The van der Waals surface area contributed by atoms with Crippen molar-refractivity contribution >= 4 is 38.8 Å². The summed E-state index contributed by atoms with van der Waals surface area (Å²) in [4.78, 5) is 26.5. The molecule has 1 aromatic heterocycles. The molecule has 9 heteroatoms. The smallest absolute Gasteiger partial charge is 0.265 e. The van der Waals surface area contributed by atoms with Crippen LogP contribution in [0.5, 0.6) is 5.75 Å². The average Bonchev–Trinajstić information content (AvgIpc) is 3.29. The number of rotatable bonds is 11. The quantitative estimate of drug-likeness (QED) is 0.248. The van der Waals surface area contributed by atoms with Crippen LogP contribution in [-0.4, -0.2) is 50.9 Å². The number of ether oxygens (including phenoxy) is 1. The average molecular weight is 588 g/mol. The van der Waals surface area contributed by atoms with Gasteiger partial charge in [-0.15, -0.1) is 0 Å². The fourth-order valence-electron chi connectivity index (χ4n) is 4.87. The van der Waals surface area contributed by atoms with Crippen LogP contribution in [0.3, 0.4) is 0 Å². The number of aromatic nitrogens is 1.